The van der Waals surface area contributed by atoms with Gasteiger partial charge < -0.3 is 19.1 Å². The minimum absolute atomic E-state index is 0. The maximum atomic E-state index is 4.51. The molecule has 0 unspecified atom stereocenters. The van der Waals surface area contributed by atoms with Crippen molar-refractivity contribution in [1.29, 1.82) is 0 Å². The molecule has 0 aliphatic heterocycles. The van der Waals surface area contributed by atoms with Crippen LogP contribution in [-0.2, 0) is 26.7 Å². The van der Waals surface area contributed by atoms with Gasteiger partial charge in [-0.25, -0.2) is 0 Å². The van der Waals surface area contributed by atoms with Gasteiger partial charge in [-0.2, -0.15) is 0 Å². The van der Waals surface area contributed by atoms with Crippen molar-refractivity contribution in [3.8, 4) is 33.8 Å². The standard InChI is InChI=1S/C22H21N2.C13H12N.C12H10N.Ir/c1-15(2)14-24-21-7-5-4-6-18(21)19-13-17(8-9-22(19)24)20-12-16(3)10-11-23-20;1-11-7-6-10-13(14(11)2)12-8-4-3-5-9-12;1-10-6-5-9-12(13-10)11-7-3-2-4-8-11;/h4-7,9-13,15H,14H2,1-3H3;3-8,10H,2H2,1H3;2-7,9H,1H3;/q3*-1;. The van der Waals surface area contributed by atoms with Gasteiger partial charge in [0.05, 0.1) is 5.69 Å². The first-order valence-corrected chi connectivity index (χ1v) is 17.3. The Labute approximate surface area is 322 Å². The number of para-hydroxylation sites is 1. The first-order chi connectivity index (χ1) is 24.8. The normalized spacial score (nSPS) is 10.6. The summed E-state index contributed by atoms with van der Waals surface area (Å²) in [6.07, 6.45) is 1.87. The molecule has 8 aromatic rings. The third-order valence-corrected chi connectivity index (χ3v) is 8.61. The molecule has 0 atom stereocenters. The van der Waals surface area contributed by atoms with E-state index in [2.05, 4.69) is 103 Å². The summed E-state index contributed by atoms with van der Waals surface area (Å²) in [6, 6.07) is 54.9. The van der Waals surface area contributed by atoms with E-state index in [1.165, 1.54) is 27.4 Å². The molecule has 0 amide bonds. The Hall–Kier alpha value is -5.35. The van der Waals surface area contributed by atoms with Crippen LogP contribution in [0.4, 0.5) is 0 Å². The average molecular weight is 856 g/mol. The minimum atomic E-state index is 0. The summed E-state index contributed by atoms with van der Waals surface area (Å²) >= 11 is 0. The number of aryl methyl sites for hydroxylation is 3. The van der Waals surface area contributed by atoms with Gasteiger partial charge in [0.15, 0.2) is 0 Å². The van der Waals surface area contributed by atoms with Crippen LogP contribution >= 0.6 is 0 Å². The number of nitrogens with zero attached hydrogens (tertiary/aromatic N) is 4. The maximum Gasteiger partial charge on any atom is 0.115 e. The Morgan fingerprint density at radius 2 is 1.38 bits per heavy atom. The second kappa shape index (κ2) is 17.7. The Morgan fingerprint density at radius 1 is 0.673 bits per heavy atom. The molecule has 0 N–H and O–H groups in total. The van der Waals surface area contributed by atoms with E-state index in [-0.39, 0.29) is 20.1 Å². The molecule has 4 aromatic carbocycles. The molecule has 4 nitrogen and oxygen atoms in total. The monoisotopic (exact) mass is 856 g/mol. The summed E-state index contributed by atoms with van der Waals surface area (Å²) in [5.74, 6) is 0.599. The van der Waals surface area contributed by atoms with Crippen molar-refractivity contribution in [2.75, 3.05) is 0 Å². The number of fused-ring (bicyclic) bond motifs is 3. The summed E-state index contributed by atoms with van der Waals surface area (Å²) in [5, 5.41) is 2.58. The number of hydrogen-bond donors (Lipinski definition) is 0. The van der Waals surface area contributed by atoms with E-state index in [0.717, 1.165) is 51.7 Å². The van der Waals surface area contributed by atoms with Crippen molar-refractivity contribution >= 4 is 21.8 Å². The van der Waals surface area contributed by atoms with Crippen LogP contribution < -0.4 is 4.57 Å². The second-order valence-electron chi connectivity index (χ2n) is 13.1. The Morgan fingerprint density at radius 3 is 2.08 bits per heavy atom. The fourth-order valence-corrected chi connectivity index (χ4v) is 6.06. The van der Waals surface area contributed by atoms with Crippen LogP contribution in [0.5, 0.6) is 0 Å². The molecule has 0 aliphatic rings. The Kier molecular flexibility index (Phi) is 12.9. The largest absolute Gasteiger partial charge is 0.380 e. The fraction of sp³-hybridized carbons (Fsp3) is 0.149. The molecule has 0 saturated carbocycles. The molecule has 0 fully saturated rings. The van der Waals surface area contributed by atoms with Gasteiger partial charge in [0.2, 0.25) is 0 Å². The quantitative estimate of drug-likeness (QED) is 0.128. The Bertz CT molecular complexity index is 2360. The zero-order chi connectivity index (χ0) is 35.7. The van der Waals surface area contributed by atoms with E-state index < -0.39 is 0 Å². The molecular weight excluding hydrogens is 813 g/mol. The van der Waals surface area contributed by atoms with Crippen molar-refractivity contribution in [1.82, 2.24) is 14.5 Å². The minimum Gasteiger partial charge on any atom is -0.380 e. The summed E-state index contributed by atoms with van der Waals surface area (Å²) in [4.78, 5) is 8.93. The number of aromatic nitrogens is 4. The van der Waals surface area contributed by atoms with Crippen LogP contribution in [0.25, 0.3) is 55.6 Å². The number of benzene rings is 4. The van der Waals surface area contributed by atoms with Gasteiger partial charge >= 0.3 is 0 Å². The zero-order valence-electron chi connectivity index (χ0n) is 30.4. The van der Waals surface area contributed by atoms with Crippen LogP contribution in [0.2, 0.25) is 0 Å². The molecule has 4 aromatic heterocycles. The van der Waals surface area contributed by atoms with Gasteiger partial charge in [0.25, 0.3) is 0 Å². The second-order valence-corrected chi connectivity index (χ2v) is 13.1. The molecule has 5 heteroatoms. The third kappa shape index (κ3) is 9.11. The van der Waals surface area contributed by atoms with E-state index in [1.807, 2.05) is 116 Å². The van der Waals surface area contributed by atoms with Gasteiger partial charge in [0.1, 0.15) is 5.69 Å². The third-order valence-electron chi connectivity index (χ3n) is 8.61. The van der Waals surface area contributed by atoms with Gasteiger partial charge in [-0.05, 0) is 73.2 Å². The molecule has 1 radical (unpaired) electrons. The molecule has 52 heavy (non-hydrogen) atoms. The first kappa shape index (κ1) is 37.9. The van der Waals surface area contributed by atoms with Gasteiger partial charge in [-0.1, -0.05) is 78.9 Å². The van der Waals surface area contributed by atoms with Crippen LogP contribution in [0.15, 0.2) is 140 Å². The van der Waals surface area contributed by atoms with E-state index in [1.54, 1.807) is 0 Å². The molecule has 263 valence electrons. The van der Waals surface area contributed by atoms with E-state index in [9.17, 15) is 0 Å². The summed E-state index contributed by atoms with van der Waals surface area (Å²) in [7, 11) is 3.99. The van der Waals surface area contributed by atoms with Gasteiger partial charge in [-0.3, -0.25) is 0 Å². The van der Waals surface area contributed by atoms with E-state index >= 15 is 0 Å². The number of pyridine rings is 3. The smallest absolute Gasteiger partial charge is 0.115 e. The summed E-state index contributed by atoms with van der Waals surface area (Å²) < 4.78 is 4.34. The van der Waals surface area contributed by atoms with Gasteiger partial charge in [-0.15, -0.1) is 90.0 Å². The average Bonchev–Trinajstić information content (AvgIpc) is 3.46. The molecule has 0 bridgehead atoms. The van der Waals surface area contributed by atoms with E-state index in [4.69, 9.17) is 0 Å². The SMILES string of the molecule is Cc1cccc(-c2[c-]cccc2)n1.Cc1ccnc(-c2[c-]cc3c(c2)c2ccccc2n3CC(C)C)c1.[CH2-][n+]1c(C)cccc1-c1[c-]cccc1.[Ir]. The van der Waals surface area contributed by atoms with Crippen molar-refractivity contribution in [2.45, 2.75) is 41.2 Å². The van der Waals surface area contributed by atoms with Crippen LogP contribution in [0.1, 0.15) is 30.8 Å². The fourth-order valence-electron chi connectivity index (χ4n) is 6.06. The van der Waals surface area contributed by atoms with Crippen molar-refractivity contribution in [3.63, 3.8) is 0 Å². The number of rotatable bonds is 5. The molecule has 4 heterocycles. The summed E-state index contributed by atoms with van der Waals surface area (Å²) in [6.45, 7) is 11.7. The van der Waals surface area contributed by atoms with Crippen molar-refractivity contribution in [3.05, 3.63) is 182 Å². The number of hydrogen-bond acceptors (Lipinski definition) is 2. The maximum absolute atomic E-state index is 4.51. The Balaban J connectivity index is 0.000000160. The predicted octanol–water partition coefficient (Wildman–Crippen LogP) is 10.9. The molecule has 8 rings (SSSR count). The van der Waals surface area contributed by atoms with Crippen LogP contribution in [-0.4, -0.2) is 14.5 Å². The van der Waals surface area contributed by atoms with Crippen molar-refractivity contribution < 1.29 is 24.7 Å². The molecule has 0 spiro atoms. The predicted molar refractivity (Wildman–Crippen MR) is 211 cm³/mol. The summed E-state index contributed by atoms with van der Waals surface area (Å²) in [5.41, 5.74) is 12.2. The van der Waals surface area contributed by atoms with Crippen LogP contribution in [0, 0.1) is 51.9 Å². The molecule has 0 saturated heterocycles. The zero-order valence-corrected chi connectivity index (χ0v) is 32.8. The topological polar surface area (TPSA) is 34.6 Å². The van der Waals surface area contributed by atoms with E-state index in [0.29, 0.717) is 5.92 Å². The first-order valence-electron chi connectivity index (χ1n) is 17.3. The van der Waals surface area contributed by atoms with Gasteiger partial charge in [0, 0.05) is 51.1 Å². The van der Waals surface area contributed by atoms with Crippen molar-refractivity contribution in [2.24, 2.45) is 5.92 Å². The van der Waals surface area contributed by atoms with Crippen LogP contribution in [0.3, 0.4) is 0 Å². The molecular formula is C47H43IrN4-3. The molecule has 0 aliphatic carbocycles.